The second-order valence-corrected chi connectivity index (χ2v) is 4.47. The molecule has 1 aromatic carbocycles. The first-order chi connectivity index (χ1) is 7.59. The lowest BCUT2D eigenvalue weighted by molar-refractivity contribution is -0.117. The van der Waals surface area contributed by atoms with Gasteiger partial charge in [0.1, 0.15) is 6.54 Å². The minimum Gasteiger partial charge on any atom is -0.272 e. The molecule has 6 heteroatoms. The number of benzene rings is 1. The first kappa shape index (κ1) is 12.5. The van der Waals surface area contributed by atoms with Crippen LogP contribution in [0.5, 0.6) is 0 Å². The van der Waals surface area contributed by atoms with Crippen molar-refractivity contribution in [3.05, 3.63) is 30.3 Å². The molecule has 1 aromatic rings. The van der Waals surface area contributed by atoms with Crippen LogP contribution in [0.15, 0.2) is 30.3 Å². The molecule has 0 aliphatic carbocycles. The van der Waals surface area contributed by atoms with Crippen LogP contribution in [0.4, 0.5) is 5.69 Å². The van der Waals surface area contributed by atoms with Crippen LogP contribution in [0.1, 0.15) is 13.8 Å². The molecule has 1 heterocycles. The Kier molecular flexibility index (Phi) is 3.89. The highest BCUT2D eigenvalue weighted by atomic mass is 32.2. The van der Waals surface area contributed by atoms with E-state index in [1.165, 1.54) is 0 Å². The van der Waals surface area contributed by atoms with E-state index >= 15 is 0 Å². The summed E-state index contributed by atoms with van der Waals surface area (Å²) < 4.78 is 25.7. The third-order valence-electron chi connectivity index (χ3n) is 1.86. The van der Waals surface area contributed by atoms with Gasteiger partial charge in [-0.15, -0.1) is 0 Å². The average Bonchev–Trinajstić information content (AvgIpc) is 2.56. The smallest absolute Gasteiger partial charge is 0.272 e. The highest BCUT2D eigenvalue weighted by Gasteiger charge is 2.33. The topological polar surface area (TPSA) is 66.5 Å². The van der Waals surface area contributed by atoms with Gasteiger partial charge in [-0.05, 0) is 12.1 Å². The van der Waals surface area contributed by atoms with Gasteiger partial charge >= 0.3 is 10.2 Å². The predicted molar refractivity (Wildman–Crippen MR) is 62.2 cm³/mol. The number of hydrogen-bond acceptors (Lipinski definition) is 3. The molecule has 1 saturated heterocycles. The molecular weight excluding hydrogens is 228 g/mol. The Morgan fingerprint density at radius 3 is 2.19 bits per heavy atom. The van der Waals surface area contributed by atoms with E-state index in [-0.39, 0.29) is 6.54 Å². The first-order valence-electron chi connectivity index (χ1n) is 4.98. The number of rotatable bonds is 1. The van der Waals surface area contributed by atoms with Crippen LogP contribution in [0.3, 0.4) is 0 Å². The van der Waals surface area contributed by atoms with Gasteiger partial charge in [-0.2, -0.15) is 8.42 Å². The fourth-order valence-electron chi connectivity index (χ4n) is 1.27. The van der Waals surface area contributed by atoms with Gasteiger partial charge < -0.3 is 0 Å². The molecule has 0 radical (unpaired) electrons. The van der Waals surface area contributed by atoms with E-state index in [4.69, 9.17) is 0 Å². The van der Waals surface area contributed by atoms with Crippen molar-refractivity contribution in [1.29, 1.82) is 0 Å². The monoisotopic (exact) mass is 242 g/mol. The molecule has 88 valence electrons. The van der Waals surface area contributed by atoms with Crippen molar-refractivity contribution in [3.8, 4) is 0 Å². The summed E-state index contributed by atoms with van der Waals surface area (Å²) in [6, 6.07) is 8.48. The quantitative estimate of drug-likeness (QED) is 0.795. The van der Waals surface area contributed by atoms with Crippen LogP contribution in [-0.4, -0.2) is 20.9 Å². The zero-order valence-corrected chi connectivity index (χ0v) is 9.99. The molecule has 1 amide bonds. The Labute approximate surface area is 95.3 Å². The minimum absolute atomic E-state index is 0.146. The van der Waals surface area contributed by atoms with Gasteiger partial charge in [-0.25, -0.2) is 9.03 Å². The molecule has 0 unspecified atom stereocenters. The number of nitrogens with zero attached hydrogens (tertiary/aromatic N) is 1. The summed E-state index contributed by atoms with van der Waals surface area (Å²) in [7, 11) is -3.66. The Hall–Kier alpha value is -1.56. The number of hydrogen-bond donors (Lipinski definition) is 1. The molecule has 2 rings (SSSR count). The number of para-hydroxylation sites is 1. The van der Waals surface area contributed by atoms with Crippen LogP contribution < -0.4 is 9.03 Å². The van der Waals surface area contributed by atoms with E-state index < -0.39 is 16.1 Å². The van der Waals surface area contributed by atoms with E-state index in [1.54, 1.807) is 30.3 Å². The van der Waals surface area contributed by atoms with Gasteiger partial charge in [0, 0.05) is 0 Å². The van der Waals surface area contributed by atoms with Gasteiger partial charge in [0.25, 0.3) is 5.91 Å². The standard InChI is InChI=1S/C8H8N2O3S.C2H6/c11-8-6-10(14(12,13)9-8)7-4-2-1-3-5-7;1-2/h1-5H,6H2,(H,9,11);1-2H3. The van der Waals surface area contributed by atoms with Gasteiger partial charge in [0.05, 0.1) is 5.69 Å². The molecule has 1 N–H and O–H groups in total. The summed E-state index contributed by atoms with van der Waals surface area (Å²) in [4.78, 5) is 10.9. The van der Waals surface area contributed by atoms with Crippen molar-refractivity contribution in [2.24, 2.45) is 0 Å². The summed E-state index contributed by atoms with van der Waals surface area (Å²) in [5.74, 6) is -0.506. The summed E-state index contributed by atoms with van der Waals surface area (Å²) in [6.07, 6.45) is 0. The molecule has 0 aromatic heterocycles. The van der Waals surface area contributed by atoms with Gasteiger partial charge in [-0.3, -0.25) is 4.79 Å². The SMILES string of the molecule is CC.O=C1CN(c2ccccc2)S(=O)(=O)N1. The number of carbonyl (C=O) groups excluding carboxylic acids is 1. The number of anilines is 1. The van der Waals surface area contributed by atoms with E-state index in [0.29, 0.717) is 5.69 Å². The van der Waals surface area contributed by atoms with E-state index in [2.05, 4.69) is 0 Å². The maximum atomic E-state index is 11.4. The van der Waals surface area contributed by atoms with Crippen LogP contribution in [0.25, 0.3) is 0 Å². The molecule has 1 aliphatic rings. The molecule has 5 nitrogen and oxygen atoms in total. The Morgan fingerprint density at radius 2 is 1.75 bits per heavy atom. The maximum absolute atomic E-state index is 11.4. The van der Waals surface area contributed by atoms with E-state index in [1.807, 2.05) is 18.6 Å². The second kappa shape index (κ2) is 4.98. The first-order valence-corrected chi connectivity index (χ1v) is 6.42. The zero-order valence-electron chi connectivity index (χ0n) is 9.17. The molecule has 0 bridgehead atoms. The third-order valence-corrected chi connectivity index (χ3v) is 3.27. The van der Waals surface area contributed by atoms with E-state index in [9.17, 15) is 13.2 Å². The molecule has 0 saturated carbocycles. The predicted octanol–water partition coefficient (Wildman–Crippen LogP) is 0.894. The van der Waals surface area contributed by atoms with Crippen LogP contribution in [-0.2, 0) is 15.0 Å². The molecule has 0 atom stereocenters. The third kappa shape index (κ3) is 2.52. The molecule has 1 aliphatic heterocycles. The van der Waals surface area contributed by atoms with Gasteiger partial charge in [0.15, 0.2) is 0 Å². The highest BCUT2D eigenvalue weighted by molar-refractivity contribution is 7.92. The van der Waals surface area contributed by atoms with Gasteiger partial charge in [-0.1, -0.05) is 32.0 Å². The van der Waals surface area contributed by atoms with Crippen molar-refractivity contribution >= 4 is 21.8 Å². The van der Waals surface area contributed by atoms with Crippen molar-refractivity contribution in [2.45, 2.75) is 13.8 Å². The number of carbonyl (C=O) groups is 1. The van der Waals surface area contributed by atoms with Crippen LogP contribution in [0, 0.1) is 0 Å². The Bertz CT molecular complexity index is 456. The van der Waals surface area contributed by atoms with Crippen molar-refractivity contribution < 1.29 is 13.2 Å². The van der Waals surface area contributed by atoms with E-state index in [0.717, 1.165) is 4.31 Å². The normalized spacial score (nSPS) is 17.4. The molecule has 16 heavy (non-hydrogen) atoms. The Balaban J connectivity index is 0.000000606. The minimum atomic E-state index is -3.66. The summed E-state index contributed by atoms with van der Waals surface area (Å²) in [6.45, 7) is 3.85. The summed E-state index contributed by atoms with van der Waals surface area (Å²) in [5.41, 5.74) is 0.492. The number of nitrogens with one attached hydrogen (secondary N) is 1. The lowest BCUT2D eigenvalue weighted by atomic mass is 10.3. The lowest BCUT2D eigenvalue weighted by Crippen LogP contribution is -2.29. The highest BCUT2D eigenvalue weighted by Crippen LogP contribution is 2.18. The fourth-order valence-corrected chi connectivity index (χ4v) is 2.42. The number of amides is 1. The largest absolute Gasteiger partial charge is 0.326 e. The molecule has 1 fully saturated rings. The van der Waals surface area contributed by atoms with Crippen LogP contribution in [0.2, 0.25) is 0 Å². The fraction of sp³-hybridized carbons (Fsp3) is 0.300. The van der Waals surface area contributed by atoms with Crippen LogP contribution >= 0.6 is 0 Å². The van der Waals surface area contributed by atoms with Crippen molar-refractivity contribution in [3.63, 3.8) is 0 Å². The molecule has 0 spiro atoms. The summed E-state index contributed by atoms with van der Waals surface area (Å²) >= 11 is 0. The summed E-state index contributed by atoms with van der Waals surface area (Å²) in [5, 5.41) is 0. The maximum Gasteiger partial charge on any atom is 0.326 e. The van der Waals surface area contributed by atoms with Gasteiger partial charge in [0.2, 0.25) is 0 Å². The average molecular weight is 242 g/mol. The van der Waals surface area contributed by atoms with Crippen molar-refractivity contribution in [2.75, 3.05) is 10.8 Å². The molecular formula is C10H14N2O3S. The Morgan fingerprint density at radius 1 is 1.19 bits per heavy atom. The zero-order chi connectivity index (χ0) is 12.2. The lowest BCUT2D eigenvalue weighted by Gasteiger charge is -2.13. The second-order valence-electron chi connectivity index (χ2n) is 2.87. The van der Waals surface area contributed by atoms with Crippen molar-refractivity contribution in [1.82, 2.24) is 4.72 Å².